The molecular formula is C10H16N2O2. The first-order valence-corrected chi connectivity index (χ1v) is 4.63. The van der Waals surface area contributed by atoms with Crippen LogP contribution >= 0.6 is 0 Å². The molecule has 1 heterocycles. The number of aliphatic imine (C=N–C) groups is 1. The maximum absolute atomic E-state index is 10.8. The average Bonchev–Trinajstić information content (AvgIpc) is 2.07. The average molecular weight is 196 g/mol. The van der Waals surface area contributed by atoms with Gasteiger partial charge in [0, 0.05) is 13.3 Å². The summed E-state index contributed by atoms with van der Waals surface area (Å²) in [5, 5.41) is 0. The standard InChI is InChI=1S/C10H16N2O2/c1-6(2)8-4-10(11)12-5-9(8)14-7(3)13/h9H,4-5H2,1-3H3,(H2,11,12)/t9-/m1/s1. The van der Waals surface area contributed by atoms with Gasteiger partial charge >= 0.3 is 5.97 Å². The van der Waals surface area contributed by atoms with Gasteiger partial charge in [-0.05, 0) is 19.4 Å². The number of ether oxygens (including phenoxy) is 1. The SMILES string of the molecule is CC(=O)O[C@@H]1CN=C(N)CC1=C(C)C. The van der Waals surface area contributed by atoms with Gasteiger partial charge in [-0.3, -0.25) is 9.79 Å². The van der Waals surface area contributed by atoms with Crippen LogP contribution in [-0.2, 0) is 9.53 Å². The summed E-state index contributed by atoms with van der Waals surface area (Å²) < 4.78 is 5.15. The number of allylic oxidation sites excluding steroid dienone is 1. The lowest BCUT2D eigenvalue weighted by Crippen LogP contribution is -2.31. The van der Waals surface area contributed by atoms with Crippen LogP contribution < -0.4 is 5.73 Å². The van der Waals surface area contributed by atoms with Gasteiger partial charge in [-0.25, -0.2) is 0 Å². The molecule has 14 heavy (non-hydrogen) atoms. The highest BCUT2D eigenvalue weighted by atomic mass is 16.5. The van der Waals surface area contributed by atoms with E-state index in [2.05, 4.69) is 4.99 Å². The summed E-state index contributed by atoms with van der Waals surface area (Å²) >= 11 is 0. The predicted molar refractivity (Wildman–Crippen MR) is 55.0 cm³/mol. The molecular weight excluding hydrogens is 180 g/mol. The molecule has 1 rings (SSSR count). The van der Waals surface area contributed by atoms with Crippen molar-refractivity contribution in [1.29, 1.82) is 0 Å². The van der Waals surface area contributed by atoms with Gasteiger partial charge in [0.05, 0.1) is 12.4 Å². The second kappa shape index (κ2) is 4.26. The molecule has 0 saturated carbocycles. The van der Waals surface area contributed by atoms with Crippen molar-refractivity contribution in [3.63, 3.8) is 0 Å². The maximum Gasteiger partial charge on any atom is 0.303 e. The summed E-state index contributed by atoms with van der Waals surface area (Å²) in [5.74, 6) is 0.342. The third-order valence-corrected chi connectivity index (χ3v) is 2.17. The van der Waals surface area contributed by atoms with Gasteiger partial charge in [-0.2, -0.15) is 0 Å². The number of hydrogen-bond acceptors (Lipinski definition) is 4. The second-order valence-electron chi connectivity index (χ2n) is 3.63. The van der Waals surface area contributed by atoms with Gasteiger partial charge < -0.3 is 10.5 Å². The van der Waals surface area contributed by atoms with Gasteiger partial charge in [-0.15, -0.1) is 0 Å². The highest BCUT2D eigenvalue weighted by molar-refractivity contribution is 5.84. The topological polar surface area (TPSA) is 64.7 Å². The molecule has 78 valence electrons. The van der Waals surface area contributed by atoms with E-state index in [9.17, 15) is 4.79 Å². The van der Waals surface area contributed by atoms with E-state index in [0.29, 0.717) is 18.8 Å². The van der Waals surface area contributed by atoms with E-state index >= 15 is 0 Å². The fraction of sp³-hybridized carbons (Fsp3) is 0.600. The van der Waals surface area contributed by atoms with Crippen LogP contribution in [0.1, 0.15) is 27.2 Å². The van der Waals surface area contributed by atoms with E-state index in [1.54, 1.807) is 0 Å². The molecule has 0 radical (unpaired) electrons. The molecule has 0 fully saturated rings. The van der Waals surface area contributed by atoms with Crippen molar-refractivity contribution in [3.05, 3.63) is 11.1 Å². The zero-order chi connectivity index (χ0) is 10.7. The Hall–Kier alpha value is -1.32. The van der Waals surface area contributed by atoms with Crippen molar-refractivity contribution in [2.45, 2.75) is 33.3 Å². The van der Waals surface area contributed by atoms with Crippen molar-refractivity contribution in [1.82, 2.24) is 0 Å². The Balaban J connectivity index is 2.84. The Morgan fingerprint density at radius 2 is 2.14 bits per heavy atom. The molecule has 1 atom stereocenters. The highest BCUT2D eigenvalue weighted by Gasteiger charge is 2.23. The first-order valence-electron chi connectivity index (χ1n) is 4.63. The molecule has 0 aromatic heterocycles. The van der Waals surface area contributed by atoms with Crippen LogP contribution in [0.2, 0.25) is 0 Å². The Kier molecular flexibility index (Phi) is 3.28. The molecule has 0 unspecified atom stereocenters. The van der Waals surface area contributed by atoms with E-state index in [-0.39, 0.29) is 12.1 Å². The molecule has 0 amide bonds. The van der Waals surface area contributed by atoms with Crippen molar-refractivity contribution >= 4 is 11.8 Å². The molecule has 0 spiro atoms. The Morgan fingerprint density at radius 3 is 2.64 bits per heavy atom. The lowest BCUT2D eigenvalue weighted by molar-refractivity contribution is -0.144. The van der Waals surface area contributed by atoms with Crippen molar-refractivity contribution < 1.29 is 9.53 Å². The van der Waals surface area contributed by atoms with Gasteiger partial charge in [0.15, 0.2) is 0 Å². The van der Waals surface area contributed by atoms with E-state index in [0.717, 1.165) is 11.1 Å². The molecule has 4 nitrogen and oxygen atoms in total. The largest absolute Gasteiger partial charge is 0.456 e. The number of hydrogen-bond donors (Lipinski definition) is 1. The Morgan fingerprint density at radius 1 is 1.50 bits per heavy atom. The number of esters is 1. The van der Waals surface area contributed by atoms with E-state index < -0.39 is 0 Å². The lowest BCUT2D eigenvalue weighted by atomic mass is 9.98. The third kappa shape index (κ3) is 2.58. The van der Waals surface area contributed by atoms with Gasteiger partial charge in [0.1, 0.15) is 6.10 Å². The Labute approximate surface area is 83.8 Å². The van der Waals surface area contributed by atoms with Crippen molar-refractivity contribution in [3.8, 4) is 0 Å². The number of carbonyl (C=O) groups excluding carboxylic acids is 1. The fourth-order valence-corrected chi connectivity index (χ4v) is 1.48. The molecule has 0 aromatic carbocycles. The molecule has 2 N–H and O–H groups in total. The Bertz CT molecular complexity index is 301. The minimum Gasteiger partial charge on any atom is -0.456 e. The second-order valence-corrected chi connectivity index (χ2v) is 3.63. The number of amidine groups is 1. The van der Waals surface area contributed by atoms with E-state index in [1.807, 2.05) is 13.8 Å². The molecule has 4 heteroatoms. The number of rotatable bonds is 1. The third-order valence-electron chi connectivity index (χ3n) is 2.17. The quantitative estimate of drug-likeness (QED) is 0.503. The fourth-order valence-electron chi connectivity index (χ4n) is 1.48. The normalized spacial score (nSPS) is 21.5. The molecule has 0 saturated heterocycles. The van der Waals surface area contributed by atoms with Crippen LogP contribution in [0.15, 0.2) is 16.1 Å². The number of nitrogens with two attached hydrogens (primary N) is 1. The highest BCUT2D eigenvalue weighted by Crippen LogP contribution is 2.20. The van der Waals surface area contributed by atoms with Crippen LogP contribution in [-0.4, -0.2) is 24.5 Å². The van der Waals surface area contributed by atoms with Crippen molar-refractivity contribution in [2.75, 3.05) is 6.54 Å². The summed E-state index contributed by atoms with van der Waals surface area (Å²) in [5.41, 5.74) is 7.86. The lowest BCUT2D eigenvalue weighted by Gasteiger charge is -2.24. The first-order chi connectivity index (χ1) is 6.50. The summed E-state index contributed by atoms with van der Waals surface area (Å²) in [4.78, 5) is 14.9. The number of carbonyl (C=O) groups is 1. The van der Waals surface area contributed by atoms with Crippen molar-refractivity contribution in [2.24, 2.45) is 10.7 Å². The molecule has 0 bridgehead atoms. The first kappa shape index (κ1) is 10.8. The van der Waals surface area contributed by atoms with Crippen LogP contribution in [0.4, 0.5) is 0 Å². The molecule has 0 aromatic rings. The minimum atomic E-state index is -0.274. The summed E-state index contributed by atoms with van der Waals surface area (Å²) in [6.07, 6.45) is 0.394. The van der Waals surface area contributed by atoms with E-state index in [1.165, 1.54) is 6.92 Å². The van der Waals surface area contributed by atoms with Crippen LogP contribution in [0.3, 0.4) is 0 Å². The molecule has 1 aliphatic rings. The summed E-state index contributed by atoms with van der Waals surface area (Å²) in [6.45, 7) is 5.84. The van der Waals surface area contributed by atoms with Gasteiger partial charge in [0.25, 0.3) is 0 Å². The minimum absolute atomic E-state index is 0.218. The van der Waals surface area contributed by atoms with Crippen LogP contribution in [0, 0.1) is 0 Å². The predicted octanol–water partition coefficient (Wildman–Crippen LogP) is 1.02. The van der Waals surface area contributed by atoms with E-state index in [4.69, 9.17) is 10.5 Å². The van der Waals surface area contributed by atoms with Crippen LogP contribution in [0.5, 0.6) is 0 Å². The van der Waals surface area contributed by atoms with Crippen LogP contribution in [0.25, 0.3) is 0 Å². The smallest absolute Gasteiger partial charge is 0.303 e. The number of nitrogens with zero attached hydrogens (tertiary/aromatic N) is 1. The van der Waals surface area contributed by atoms with Gasteiger partial charge in [0.2, 0.25) is 0 Å². The maximum atomic E-state index is 10.8. The summed E-state index contributed by atoms with van der Waals surface area (Å²) in [7, 11) is 0. The zero-order valence-electron chi connectivity index (χ0n) is 8.83. The van der Waals surface area contributed by atoms with Gasteiger partial charge in [-0.1, -0.05) is 5.57 Å². The summed E-state index contributed by atoms with van der Waals surface area (Å²) in [6, 6.07) is 0. The molecule has 0 aliphatic carbocycles. The monoisotopic (exact) mass is 196 g/mol. The molecule has 1 aliphatic heterocycles. The zero-order valence-corrected chi connectivity index (χ0v) is 8.83.